The van der Waals surface area contributed by atoms with Crippen LogP contribution in [0.15, 0.2) is 106 Å². The molecule has 0 amide bonds. The molecule has 8 heteroatoms. The Morgan fingerprint density at radius 2 is 1.47 bits per heavy atom. The van der Waals surface area contributed by atoms with Crippen LogP contribution in [-0.4, -0.2) is 26.3 Å². The van der Waals surface area contributed by atoms with Gasteiger partial charge in [0.15, 0.2) is 5.84 Å². The van der Waals surface area contributed by atoms with Gasteiger partial charge in [-0.25, -0.2) is 0 Å². The Bertz CT molecular complexity index is 1260. The topological polar surface area (TPSA) is 74.2 Å². The number of nitrogens with zero attached hydrogens (tertiary/aromatic N) is 3. The second-order valence-corrected chi connectivity index (χ2v) is 8.96. The predicted molar refractivity (Wildman–Crippen MR) is 125 cm³/mol. The maximum atomic E-state index is 13.0. The molecule has 0 fully saturated rings. The molecule has 0 atom stereocenters. The minimum Gasteiger partial charge on any atom is -0.339 e. The third-order valence-corrected chi connectivity index (χ3v) is 6.34. The summed E-state index contributed by atoms with van der Waals surface area (Å²) in [6.07, 6.45) is 0. The predicted octanol–water partition coefficient (Wildman–Crippen LogP) is 4.21. The summed E-state index contributed by atoms with van der Waals surface area (Å²) in [6.45, 7) is 3.78. The number of benzene rings is 3. The van der Waals surface area contributed by atoms with Gasteiger partial charge in [0.1, 0.15) is 0 Å². The molecule has 0 bridgehead atoms. The van der Waals surface area contributed by atoms with Crippen molar-refractivity contribution in [1.82, 2.24) is 10.3 Å². The number of hydrogen-bond acceptors (Lipinski definition) is 5. The standard InChI is InChI=1S/C24H24N4O3S/c1-18-14-16-22(17-15-18)32(29,30)26-23(20-10-6-4-7-11-20)25-24-19(2)27(3)28(31-24)21-12-8-5-9-13-21/h4-17H,1-3H3,(H,25,26). The highest BCUT2D eigenvalue weighted by atomic mass is 32.2. The molecule has 7 nitrogen and oxygen atoms in total. The van der Waals surface area contributed by atoms with Gasteiger partial charge in [-0.2, -0.15) is 8.42 Å². The van der Waals surface area contributed by atoms with Crippen LogP contribution < -0.4 is 10.5 Å². The maximum Gasteiger partial charge on any atom is 0.284 e. The fraction of sp³-hybridized carbons (Fsp3) is 0.125. The van der Waals surface area contributed by atoms with Crippen molar-refractivity contribution in [2.75, 3.05) is 12.2 Å². The summed E-state index contributed by atoms with van der Waals surface area (Å²) in [7, 11) is -2.08. The Hall–Kier alpha value is -3.78. The summed E-state index contributed by atoms with van der Waals surface area (Å²) in [5, 5.41) is 6.54. The van der Waals surface area contributed by atoms with Crippen molar-refractivity contribution in [2.45, 2.75) is 18.7 Å². The number of amidine groups is 1. The zero-order valence-corrected chi connectivity index (χ0v) is 18.9. The first-order chi connectivity index (χ1) is 15.3. The summed E-state index contributed by atoms with van der Waals surface area (Å²) in [6, 6.07) is 25.3. The number of para-hydroxylation sites is 1. The Kier molecular flexibility index (Phi) is 5.87. The number of anilines is 1. The lowest BCUT2D eigenvalue weighted by Crippen LogP contribution is -2.33. The number of rotatable bonds is 5. The summed E-state index contributed by atoms with van der Waals surface area (Å²) < 4.78 is 30.2. The second kappa shape index (κ2) is 8.76. The zero-order valence-electron chi connectivity index (χ0n) is 18.1. The van der Waals surface area contributed by atoms with Crippen molar-refractivity contribution >= 4 is 21.5 Å². The smallest absolute Gasteiger partial charge is 0.284 e. The highest BCUT2D eigenvalue weighted by molar-refractivity contribution is 7.90. The third kappa shape index (κ3) is 4.45. The van der Waals surface area contributed by atoms with Gasteiger partial charge in [-0.3, -0.25) is 5.01 Å². The molecule has 0 aromatic heterocycles. The van der Waals surface area contributed by atoms with E-state index < -0.39 is 10.0 Å². The molecule has 4 rings (SSSR count). The van der Waals surface area contributed by atoms with Crippen molar-refractivity contribution in [2.24, 2.45) is 4.40 Å². The molecular weight excluding hydrogens is 424 g/mol. The molecule has 0 unspecified atom stereocenters. The molecule has 3 aromatic rings. The molecule has 1 N–H and O–H groups in total. The molecular formula is C24H24N4O3S. The molecule has 1 aliphatic rings. The number of sulfonamides is 1. The zero-order chi connectivity index (χ0) is 22.7. The minimum atomic E-state index is -3.94. The SMILES string of the molecule is CC1=C(NC(=NS(=O)(=O)c2ccc(C)cc2)c2ccccc2)ON(c2ccccc2)N1C. The lowest BCUT2D eigenvalue weighted by Gasteiger charge is -2.25. The lowest BCUT2D eigenvalue weighted by atomic mass is 10.2. The molecule has 1 aliphatic heterocycles. The third-order valence-electron chi connectivity index (χ3n) is 5.05. The van der Waals surface area contributed by atoms with Gasteiger partial charge >= 0.3 is 0 Å². The van der Waals surface area contributed by atoms with Crippen molar-refractivity contribution in [3.05, 3.63) is 108 Å². The summed E-state index contributed by atoms with van der Waals surface area (Å²) in [5.41, 5.74) is 3.19. The van der Waals surface area contributed by atoms with Gasteiger partial charge in [-0.15, -0.1) is 9.57 Å². The van der Waals surface area contributed by atoms with E-state index in [1.807, 2.05) is 74.4 Å². The van der Waals surface area contributed by atoms with E-state index in [-0.39, 0.29) is 10.7 Å². The van der Waals surface area contributed by atoms with Gasteiger partial charge in [0.05, 0.1) is 16.3 Å². The number of hydrogen-bond donors (Lipinski definition) is 1. The lowest BCUT2D eigenvalue weighted by molar-refractivity contribution is 0.116. The van der Waals surface area contributed by atoms with E-state index >= 15 is 0 Å². The van der Waals surface area contributed by atoms with Crippen LogP contribution in [0.25, 0.3) is 0 Å². The minimum absolute atomic E-state index is 0.124. The quantitative estimate of drug-likeness (QED) is 0.466. The van der Waals surface area contributed by atoms with Crippen molar-refractivity contribution < 1.29 is 13.3 Å². The fourth-order valence-electron chi connectivity index (χ4n) is 3.13. The summed E-state index contributed by atoms with van der Waals surface area (Å²) in [5.74, 6) is 0.557. The number of allylic oxidation sites excluding steroid dienone is 1. The van der Waals surface area contributed by atoms with Crippen molar-refractivity contribution in [1.29, 1.82) is 0 Å². The van der Waals surface area contributed by atoms with Crippen LogP contribution in [0.5, 0.6) is 0 Å². The number of aryl methyl sites for hydroxylation is 1. The maximum absolute atomic E-state index is 13.0. The first kappa shape index (κ1) is 21.5. The monoisotopic (exact) mass is 448 g/mol. The highest BCUT2D eigenvalue weighted by Crippen LogP contribution is 2.27. The van der Waals surface area contributed by atoms with Crippen LogP contribution in [0.4, 0.5) is 5.69 Å². The highest BCUT2D eigenvalue weighted by Gasteiger charge is 2.29. The van der Waals surface area contributed by atoms with Crippen LogP contribution in [0.2, 0.25) is 0 Å². The van der Waals surface area contributed by atoms with Gasteiger partial charge in [0.2, 0.25) is 5.88 Å². The molecule has 0 aliphatic carbocycles. The van der Waals surface area contributed by atoms with Gasteiger partial charge < -0.3 is 10.2 Å². The van der Waals surface area contributed by atoms with E-state index in [1.54, 1.807) is 41.6 Å². The summed E-state index contributed by atoms with van der Waals surface area (Å²) >= 11 is 0. The first-order valence-electron chi connectivity index (χ1n) is 10.1. The van der Waals surface area contributed by atoms with Gasteiger partial charge in [0, 0.05) is 12.6 Å². The fourth-order valence-corrected chi connectivity index (χ4v) is 4.10. The van der Waals surface area contributed by atoms with E-state index in [1.165, 1.54) is 0 Å². The summed E-state index contributed by atoms with van der Waals surface area (Å²) in [4.78, 5) is 6.14. The van der Waals surface area contributed by atoms with Crippen molar-refractivity contribution in [3.8, 4) is 0 Å². The van der Waals surface area contributed by atoms with E-state index in [4.69, 9.17) is 4.84 Å². The van der Waals surface area contributed by atoms with Gasteiger partial charge in [-0.05, 0) is 38.1 Å². The van der Waals surface area contributed by atoms with Crippen LogP contribution in [0.1, 0.15) is 18.1 Å². The molecule has 1 heterocycles. The Labute approximate surface area is 188 Å². The van der Waals surface area contributed by atoms with E-state index in [9.17, 15) is 8.42 Å². The second-order valence-electron chi connectivity index (χ2n) is 7.36. The van der Waals surface area contributed by atoms with Crippen LogP contribution in [-0.2, 0) is 14.9 Å². The van der Waals surface area contributed by atoms with Gasteiger partial charge in [-0.1, -0.05) is 66.2 Å². The molecule has 0 radical (unpaired) electrons. The van der Waals surface area contributed by atoms with Crippen molar-refractivity contribution in [3.63, 3.8) is 0 Å². The Balaban J connectivity index is 1.69. The Morgan fingerprint density at radius 1 is 0.875 bits per heavy atom. The molecule has 0 saturated carbocycles. The largest absolute Gasteiger partial charge is 0.339 e. The van der Waals surface area contributed by atoms with Crippen LogP contribution >= 0.6 is 0 Å². The van der Waals surface area contributed by atoms with Crippen LogP contribution in [0, 0.1) is 6.92 Å². The van der Waals surface area contributed by atoms with E-state index in [0.717, 1.165) is 16.9 Å². The number of nitrogens with one attached hydrogen (secondary N) is 1. The average molecular weight is 449 g/mol. The number of hydrazine groups is 1. The molecule has 3 aromatic carbocycles. The van der Waals surface area contributed by atoms with Gasteiger partial charge in [0.25, 0.3) is 10.0 Å². The van der Waals surface area contributed by atoms with Crippen LogP contribution in [0.3, 0.4) is 0 Å². The average Bonchev–Trinajstić information content (AvgIpc) is 3.08. The normalized spacial score (nSPS) is 14.5. The molecule has 32 heavy (non-hydrogen) atoms. The first-order valence-corrected chi connectivity index (χ1v) is 11.5. The van der Waals surface area contributed by atoms with E-state index in [0.29, 0.717) is 11.4 Å². The van der Waals surface area contributed by atoms with E-state index in [2.05, 4.69) is 9.71 Å². The molecule has 164 valence electrons. The molecule has 0 spiro atoms. The Morgan fingerprint density at radius 3 is 2.09 bits per heavy atom. The molecule has 0 saturated heterocycles.